The van der Waals surface area contributed by atoms with Gasteiger partial charge in [0.05, 0.1) is 20.3 Å². The van der Waals surface area contributed by atoms with Crippen molar-refractivity contribution in [3.8, 4) is 11.5 Å². The summed E-state index contributed by atoms with van der Waals surface area (Å²) in [5, 5.41) is 9.02. The second-order valence-electron chi connectivity index (χ2n) is 4.25. The molecule has 0 aromatic heterocycles. The zero-order valence-electron chi connectivity index (χ0n) is 9.61. The normalized spacial score (nSPS) is 15.6. The number of ether oxygens (including phenoxy) is 2. The van der Waals surface area contributed by atoms with Gasteiger partial charge in [0.15, 0.2) is 11.5 Å². The number of rotatable bonds is 5. The van der Waals surface area contributed by atoms with E-state index in [1.54, 1.807) is 7.11 Å². The maximum atomic E-state index is 9.02. The molecule has 3 heteroatoms. The highest BCUT2D eigenvalue weighted by atomic mass is 16.5. The van der Waals surface area contributed by atoms with Crippen molar-refractivity contribution in [3.63, 3.8) is 0 Å². The summed E-state index contributed by atoms with van der Waals surface area (Å²) in [5.74, 6) is 2.18. The van der Waals surface area contributed by atoms with E-state index in [1.165, 1.54) is 19.3 Å². The first-order valence-corrected chi connectivity index (χ1v) is 5.74. The number of benzene rings is 1. The van der Waals surface area contributed by atoms with Gasteiger partial charge in [-0.3, -0.25) is 0 Å². The van der Waals surface area contributed by atoms with E-state index < -0.39 is 0 Å². The molecule has 0 bridgehead atoms. The molecule has 16 heavy (non-hydrogen) atoms. The zero-order valence-corrected chi connectivity index (χ0v) is 9.61. The van der Waals surface area contributed by atoms with Crippen LogP contribution in [0, 0.1) is 5.92 Å². The Hall–Kier alpha value is -1.22. The van der Waals surface area contributed by atoms with Crippen LogP contribution in [0.4, 0.5) is 0 Å². The smallest absolute Gasteiger partial charge is 0.161 e. The lowest BCUT2D eigenvalue weighted by atomic mass is 9.86. The predicted molar refractivity (Wildman–Crippen MR) is 61.8 cm³/mol. The Kier molecular flexibility index (Phi) is 3.67. The van der Waals surface area contributed by atoms with Crippen molar-refractivity contribution in [2.45, 2.75) is 25.9 Å². The Labute approximate surface area is 96.0 Å². The molecule has 1 fully saturated rings. The summed E-state index contributed by atoms with van der Waals surface area (Å²) in [6.07, 6.45) is 3.88. The third kappa shape index (κ3) is 2.47. The van der Waals surface area contributed by atoms with Gasteiger partial charge in [-0.15, -0.1) is 0 Å². The molecule has 1 aliphatic carbocycles. The Bertz CT molecular complexity index is 345. The minimum Gasteiger partial charge on any atom is -0.493 e. The molecule has 2 rings (SSSR count). The van der Waals surface area contributed by atoms with Crippen LogP contribution in [0.2, 0.25) is 0 Å². The number of aliphatic hydroxyl groups is 1. The summed E-state index contributed by atoms with van der Waals surface area (Å²) in [7, 11) is 1.62. The second kappa shape index (κ2) is 5.21. The molecule has 1 saturated carbocycles. The Balaban J connectivity index is 2.00. The van der Waals surface area contributed by atoms with E-state index in [0.29, 0.717) is 11.7 Å². The number of hydrogen-bond donors (Lipinski definition) is 1. The maximum absolute atomic E-state index is 9.02. The van der Waals surface area contributed by atoms with Gasteiger partial charge in [-0.1, -0.05) is 12.5 Å². The summed E-state index contributed by atoms with van der Waals surface area (Å²) < 4.78 is 11.0. The van der Waals surface area contributed by atoms with E-state index in [1.807, 2.05) is 18.2 Å². The predicted octanol–water partition coefficient (Wildman–Crippen LogP) is 2.37. The fourth-order valence-corrected chi connectivity index (χ4v) is 1.80. The van der Waals surface area contributed by atoms with Crippen molar-refractivity contribution < 1.29 is 14.6 Å². The van der Waals surface area contributed by atoms with Crippen molar-refractivity contribution in [3.05, 3.63) is 23.8 Å². The first-order chi connectivity index (χ1) is 7.83. The summed E-state index contributed by atoms with van der Waals surface area (Å²) >= 11 is 0. The van der Waals surface area contributed by atoms with E-state index in [2.05, 4.69) is 0 Å². The second-order valence-corrected chi connectivity index (χ2v) is 4.25. The van der Waals surface area contributed by atoms with Crippen LogP contribution in [0.15, 0.2) is 18.2 Å². The van der Waals surface area contributed by atoms with Crippen molar-refractivity contribution >= 4 is 0 Å². The van der Waals surface area contributed by atoms with Crippen LogP contribution in [-0.2, 0) is 6.61 Å². The van der Waals surface area contributed by atoms with E-state index in [4.69, 9.17) is 14.6 Å². The number of methoxy groups -OCH3 is 1. The summed E-state index contributed by atoms with van der Waals surface area (Å²) in [6.45, 7) is 0.800. The third-order valence-electron chi connectivity index (χ3n) is 3.11. The number of hydrogen-bond acceptors (Lipinski definition) is 3. The molecule has 1 aromatic rings. The third-order valence-corrected chi connectivity index (χ3v) is 3.11. The molecule has 1 aliphatic rings. The molecule has 0 unspecified atom stereocenters. The minimum absolute atomic E-state index is 0.0270. The summed E-state index contributed by atoms with van der Waals surface area (Å²) in [5.41, 5.74) is 0.841. The highest BCUT2D eigenvalue weighted by molar-refractivity contribution is 5.42. The lowest BCUT2D eigenvalue weighted by molar-refractivity contribution is 0.175. The Morgan fingerprint density at radius 1 is 1.31 bits per heavy atom. The molecule has 0 amide bonds. The van der Waals surface area contributed by atoms with Gasteiger partial charge < -0.3 is 14.6 Å². The minimum atomic E-state index is 0.0270. The first kappa shape index (κ1) is 11.3. The quantitative estimate of drug-likeness (QED) is 0.831. The van der Waals surface area contributed by atoms with Gasteiger partial charge in [-0.05, 0) is 36.5 Å². The fourth-order valence-electron chi connectivity index (χ4n) is 1.80. The molecule has 0 atom stereocenters. The lowest BCUT2D eigenvalue weighted by Gasteiger charge is -2.25. The molecule has 0 heterocycles. The largest absolute Gasteiger partial charge is 0.493 e. The van der Waals surface area contributed by atoms with Crippen molar-refractivity contribution in [2.75, 3.05) is 13.7 Å². The van der Waals surface area contributed by atoms with Gasteiger partial charge in [0.2, 0.25) is 0 Å². The average Bonchev–Trinajstić information content (AvgIpc) is 2.27. The molecule has 1 N–H and O–H groups in total. The van der Waals surface area contributed by atoms with Crippen LogP contribution >= 0.6 is 0 Å². The van der Waals surface area contributed by atoms with Crippen molar-refractivity contribution in [1.82, 2.24) is 0 Å². The van der Waals surface area contributed by atoms with Gasteiger partial charge in [0.25, 0.3) is 0 Å². The monoisotopic (exact) mass is 222 g/mol. The van der Waals surface area contributed by atoms with Crippen molar-refractivity contribution in [1.29, 1.82) is 0 Å². The molecule has 0 radical (unpaired) electrons. The molecular formula is C13H18O3. The van der Waals surface area contributed by atoms with E-state index >= 15 is 0 Å². The van der Waals surface area contributed by atoms with Gasteiger partial charge in [-0.25, -0.2) is 0 Å². The van der Waals surface area contributed by atoms with Crippen LogP contribution in [0.1, 0.15) is 24.8 Å². The average molecular weight is 222 g/mol. The van der Waals surface area contributed by atoms with Crippen molar-refractivity contribution in [2.24, 2.45) is 5.92 Å². The molecule has 0 spiro atoms. The van der Waals surface area contributed by atoms with Crippen LogP contribution in [0.25, 0.3) is 0 Å². The van der Waals surface area contributed by atoms with Gasteiger partial charge >= 0.3 is 0 Å². The van der Waals surface area contributed by atoms with Crippen LogP contribution < -0.4 is 9.47 Å². The van der Waals surface area contributed by atoms with Crippen LogP contribution in [0.5, 0.6) is 11.5 Å². The first-order valence-electron chi connectivity index (χ1n) is 5.74. The Morgan fingerprint density at radius 3 is 2.69 bits per heavy atom. The number of aliphatic hydroxyl groups excluding tert-OH is 1. The molecular weight excluding hydrogens is 204 g/mol. The molecule has 0 aliphatic heterocycles. The standard InChI is InChI=1S/C13H18O3/c1-15-13-7-11(8-14)5-6-12(13)16-9-10-3-2-4-10/h5-7,10,14H,2-4,8-9H2,1H3. The van der Waals surface area contributed by atoms with Crippen LogP contribution in [0.3, 0.4) is 0 Å². The van der Waals surface area contributed by atoms with E-state index in [9.17, 15) is 0 Å². The maximum Gasteiger partial charge on any atom is 0.161 e. The van der Waals surface area contributed by atoms with Gasteiger partial charge in [0, 0.05) is 0 Å². The van der Waals surface area contributed by atoms with E-state index in [-0.39, 0.29) is 6.61 Å². The molecule has 88 valence electrons. The topological polar surface area (TPSA) is 38.7 Å². The van der Waals surface area contributed by atoms with Crippen LogP contribution in [-0.4, -0.2) is 18.8 Å². The highest BCUT2D eigenvalue weighted by Gasteiger charge is 2.18. The van der Waals surface area contributed by atoms with Gasteiger partial charge in [0.1, 0.15) is 0 Å². The van der Waals surface area contributed by atoms with E-state index in [0.717, 1.165) is 17.9 Å². The summed E-state index contributed by atoms with van der Waals surface area (Å²) in [6, 6.07) is 5.54. The fraction of sp³-hybridized carbons (Fsp3) is 0.538. The van der Waals surface area contributed by atoms with Gasteiger partial charge in [-0.2, -0.15) is 0 Å². The SMILES string of the molecule is COc1cc(CO)ccc1OCC1CCC1. The highest BCUT2D eigenvalue weighted by Crippen LogP contribution is 2.31. The molecule has 0 saturated heterocycles. The molecule has 1 aromatic carbocycles. The zero-order chi connectivity index (χ0) is 11.4. The Morgan fingerprint density at radius 2 is 2.12 bits per heavy atom. The lowest BCUT2D eigenvalue weighted by Crippen LogP contribution is -2.19. The summed E-state index contributed by atoms with van der Waals surface area (Å²) in [4.78, 5) is 0. The molecule has 3 nitrogen and oxygen atoms in total.